The van der Waals surface area contributed by atoms with E-state index < -0.39 is 5.92 Å². The van der Waals surface area contributed by atoms with Gasteiger partial charge in [-0.1, -0.05) is 25.2 Å². The van der Waals surface area contributed by atoms with Crippen LogP contribution in [0.15, 0.2) is 24.3 Å². The van der Waals surface area contributed by atoms with Crippen molar-refractivity contribution in [1.82, 2.24) is 10.2 Å². The lowest BCUT2D eigenvalue weighted by molar-refractivity contribution is -0.122. The van der Waals surface area contributed by atoms with Gasteiger partial charge in [0.25, 0.3) is 0 Å². The number of hydrogen-bond donors (Lipinski definition) is 1. The third kappa shape index (κ3) is 3.79. The van der Waals surface area contributed by atoms with Crippen molar-refractivity contribution in [2.24, 2.45) is 5.92 Å². The molecule has 1 N–H and O–H groups in total. The van der Waals surface area contributed by atoms with Crippen LogP contribution in [0.25, 0.3) is 0 Å². The SMILES string of the molecule is COc1ccc(N2C[C@@H](C(=O)Nc3nnc(C(C)C)s3)CC2=O)cc1. The number of rotatable bonds is 5. The van der Waals surface area contributed by atoms with E-state index in [0.717, 1.165) is 16.4 Å². The number of ether oxygens (including phenoxy) is 1. The summed E-state index contributed by atoms with van der Waals surface area (Å²) >= 11 is 1.36. The first-order valence-electron chi connectivity index (χ1n) is 8.06. The fourth-order valence-electron chi connectivity index (χ4n) is 2.62. The minimum Gasteiger partial charge on any atom is -0.497 e. The van der Waals surface area contributed by atoms with E-state index in [1.165, 1.54) is 11.3 Å². The van der Waals surface area contributed by atoms with Crippen LogP contribution in [0.1, 0.15) is 31.2 Å². The molecular formula is C17H20N4O3S. The third-order valence-corrected chi connectivity index (χ3v) is 5.18. The van der Waals surface area contributed by atoms with Crippen molar-refractivity contribution in [3.8, 4) is 5.75 Å². The number of carbonyl (C=O) groups excluding carboxylic acids is 2. The molecule has 0 spiro atoms. The maximum absolute atomic E-state index is 12.4. The number of methoxy groups -OCH3 is 1. The average Bonchev–Trinajstić information content (AvgIpc) is 3.22. The van der Waals surface area contributed by atoms with Gasteiger partial charge in [0, 0.05) is 24.6 Å². The molecule has 1 saturated heterocycles. The predicted molar refractivity (Wildman–Crippen MR) is 96.1 cm³/mol. The second-order valence-electron chi connectivity index (χ2n) is 6.19. The number of benzene rings is 1. The highest BCUT2D eigenvalue weighted by atomic mass is 32.1. The number of carbonyl (C=O) groups is 2. The van der Waals surface area contributed by atoms with E-state index in [1.54, 1.807) is 24.1 Å². The van der Waals surface area contributed by atoms with Gasteiger partial charge in [0.15, 0.2) is 0 Å². The van der Waals surface area contributed by atoms with Gasteiger partial charge >= 0.3 is 0 Å². The smallest absolute Gasteiger partial charge is 0.231 e. The first-order valence-corrected chi connectivity index (χ1v) is 8.88. The molecular weight excluding hydrogens is 340 g/mol. The van der Waals surface area contributed by atoms with Crippen LogP contribution < -0.4 is 15.0 Å². The Bertz CT molecular complexity index is 772. The van der Waals surface area contributed by atoms with Crippen LogP contribution in [0.4, 0.5) is 10.8 Å². The van der Waals surface area contributed by atoms with Crippen molar-refractivity contribution in [2.45, 2.75) is 26.2 Å². The van der Waals surface area contributed by atoms with Crippen LogP contribution in [0.2, 0.25) is 0 Å². The van der Waals surface area contributed by atoms with Gasteiger partial charge < -0.3 is 15.0 Å². The van der Waals surface area contributed by atoms with E-state index >= 15 is 0 Å². The Morgan fingerprint density at radius 2 is 2.04 bits per heavy atom. The predicted octanol–water partition coefficient (Wildman–Crippen LogP) is 2.66. The Balaban J connectivity index is 1.65. The largest absolute Gasteiger partial charge is 0.497 e. The van der Waals surface area contributed by atoms with Crippen molar-refractivity contribution in [3.63, 3.8) is 0 Å². The maximum Gasteiger partial charge on any atom is 0.231 e. The Labute approximate surface area is 150 Å². The summed E-state index contributed by atoms with van der Waals surface area (Å²) in [6.45, 7) is 4.40. The zero-order valence-electron chi connectivity index (χ0n) is 14.4. The fraction of sp³-hybridized carbons (Fsp3) is 0.412. The summed E-state index contributed by atoms with van der Waals surface area (Å²) in [7, 11) is 1.59. The van der Waals surface area contributed by atoms with Crippen LogP contribution in [-0.2, 0) is 9.59 Å². The van der Waals surface area contributed by atoms with Crippen molar-refractivity contribution < 1.29 is 14.3 Å². The normalized spacial score (nSPS) is 17.2. The molecule has 1 aromatic heterocycles. The Morgan fingerprint density at radius 1 is 1.32 bits per heavy atom. The number of nitrogens with zero attached hydrogens (tertiary/aromatic N) is 3. The van der Waals surface area contributed by atoms with Crippen LogP contribution in [0, 0.1) is 5.92 Å². The van der Waals surface area contributed by atoms with Gasteiger partial charge in [-0.15, -0.1) is 10.2 Å². The molecule has 0 saturated carbocycles. The Hall–Kier alpha value is -2.48. The molecule has 0 bridgehead atoms. The molecule has 3 rings (SSSR count). The quantitative estimate of drug-likeness (QED) is 0.886. The molecule has 2 aromatic rings. The maximum atomic E-state index is 12.4. The second kappa shape index (κ2) is 7.18. The van der Waals surface area contributed by atoms with E-state index in [4.69, 9.17) is 4.74 Å². The zero-order chi connectivity index (χ0) is 18.0. The minimum absolute atomic E-state index is 0.0644. The second-order valence-corrected chi connectivity index (χ2v) is 7.20. The monoisotopic (exact) mass is 360 g/mol. The summed E-state index contributed by atoms with van der Waals surface area (Å²) in [6, 6.07) is 7.22. The molecule has 25 heavy (non-hydrogen) atoms. The summed E-state index contributed by atoms with van der Waals surface area (Å²) in [5.74, 6) is 0.325. The standard InChI is InChI=1S/C17H20N4O3S/c1-10(2)16-19-20-17(25-16)18-15(23)11-8-14(22)21(9-11)12-4-6-13(24-3)7-5-12/h4-7,10-11H,8-9H2,1-3H3,(H,18,20,23)/t11-/m0/s1. The number of amides is 2. The molecule has 1 atom stereocenters. The van der Waals surface area contributed by atoms with E-state index in [9.17, 15) is 9.59 Å². The van der Waals surface area contributed by atoms with E-state index in [-0.39, 0.29) is 24.2 Å². The molecule has 1 aliphatic heterocycles. The lowest BCUT2D eigenvalue weighted by Crippen LogP contribution is -2.28. The summed E-state index contributed by atoms with van der Waals surface area (Å²) in [4.78, 5) is 26.4. The molecule has 0 radical (unpaired) electrons. The number of anilines is 2. The molecule has 7 nitrogen and oxygen atoms in total. The summed E-state index contributed by atoms with van der Waals surface area (Å²) < 4.78 is 5.12. The Morgan fingerprint density at radius 3 is 2.64 bits per heavy atom. The number of aromatic nitrogens is 2. The van der Waals surface area contributed by atoms with Gasteiger partial charge in [0.1, 0.15) is 10.8 Å². The van der Waals surface area contributed by atoms with E-state index in [2.05, 4.69) is 15.5 Å². The lowest BCUT2D eigenvalue weighted by Gasteiger charge is -2.16. The first kappa shape index (κ1) is 17.3. The van der Waals surface area contributed by atoms with Gasteiger partial charge in [0.05, 0.1) is 13.0 Å². The topological polar surface area (TPSA) is 84.4 Å². The van der Waals surface area contributed by atoms with Crippen LogP contribution in [0.3, 0.4) is 0 Å². The lowest BCUT2D eigenvalue weighted by atomic mass is 10.1. The highest BCUT2D eigenvalue weighted by Crippen LogP contribution is 2.28. The fourth-order valence-corrected chi connectivity index (χ4v) is 3.37. The van der Waals surface area contributed by atoms with Gasteiger partial charge in [-0.05, 0) is 24.3 Å². The molecule has 0 unspecified atom stereocenters. The van der Waals surface area contributed by atoms with E-state index in [0.29, 0.717) is 11.7 Å². The average molecular weight is 360 g/mol. The molecule has 1 aliphatic rings. The van der Waals surface area contributed by atoms with Gasteiger partial charge in [-0.2, -0.15) is 0 Å². The highest BCUT2D eigenvalue weighted by Gasteiger charge is 2.35. The Kier molecular flexibility index (Phi) is 4.98. The van der Waals surface area contributed by atoms with Gasteiger partial charge in [0.2, 0.25) is 16.9 Å². The van der Waals surface area contributed by atoms with Crippen LogP contribution in [0.5, 0.6) is 5.75 Å². The van der Waals surface area contributed by atoms with Crippen LogP contribution in [-0.4, -0.2) is 35.7 Å². The van der Waals surface area contributed by atoms with Crippen LogP contribution >= 0.6 is 11.3 Å². The zero-order valence-corrected chi connectivity index (χ0v) is 15.2. The number of hydrogen-bond acceptors (Lipinski definition) is 6. The highest BCUT2D eigenvalue weighted by molar-refractivity contribution is 7.15. The molecule has 8 heteroatoms. The molecule has 2 amide bonds. The molecule has 0 aliphatic carbocycles. The molecule has 1 fully saturated rings. The van der Waals surface area contributed by atoms with Crippen molar-refractivity contribution >= 4 is 34.0 Å². The minimum atomic E-state index is -0.402. The molecule has 132 valence electrons. The molecule has 1 aromatic carbocycles. The summed E-state index contributed by atoms with van der Waals surface area (Å²) in [5, 5.41) is 12.2. The van der Waals surface area contributed by atoms with Crippen molar-refractivity contribution in [1.29, 1.82) is 0 Å². The summed E-state index contributed by atoms with van der Waals surface area (Å²) in [6.07, 6.45) is 0.188. The molecule has 2 heterocycles. The van der Waals surface area contributed by atoms with Crippen molar-refractivity contribution in [3.05, 3.63) is 29.3 Å². The van der Waals surface area contributed by atoms with Gasteiger partial charge in [-0.25, -0.2) is 0 Å². The van der Waals surface area contributed by atoms with Crippen molar-refractivity contribution in [2.75, 3.05) is 23.9 Å². The number of nitrogens with one attached hydrogen (secondary N) is 1. The summed E-state index contributed by atoms with van der Waals surface area (Å²) in [5.41, 5.74) is 0.763. The van der Waals surface area contributed by atoms with Gasteiger partial charge in [-0.3, -0.25) is 9.59 Å². The third-order valence-electron chi connectivity index (χ3n) is 4.04. The first-order chi connectivity index (χ1) is 12.0. The van der Waals surface area contributed by atoms with E-state index in [1.807, 2.05) is 26.0 Å².